The Bertz CT molecular complexity index is 4630. The van der Waals surface area contributed by atoms with Crippen molar-refractivity contribution in [1.29, 1.82) is 0 Å². The Hall–Kier alpha value is -7.99. The summed E-state index contributed by atoms with van der Waals surface area (Å²) < 4.78 is 101. The van der Waals surface area contributed by atoms with Gasteiger partial charge < -0.3 is 85.3 Å². The molecule has 655 valence electrons. The number of carbonyl (C=O) groups excluding carboxylic acids is 4. The first-order chi connectivity index (χ1) is 59.7. The SMILES string of the molecule is CCC(CC)N1C(=O)c2ccc3c4c(OCCOCCOCCOCCOCCOCCOCCOCCOCCOCCOCCOCCOCCOCCOCCOCCOCCOC)cc5c6c(ccc(c7c(C#Cc8ccc(-c9cc(-c%10ccccn%10)nc(-c%10ccccn%10)c9)cc8)cc(c2c37)C1=O)c64)C(=O)N(C(CC)CC)C5=O.[Cl][Pt]. The molecular weight excluding hydrogens is 1760 g/mol. The Morgan fingerprint density at radius 2 is 0.645 bits per heavy atom. The normalized spacial score (nSPS) is 12.7. The molecule has 2 aliphatic heterocycles. The zero-order chi connectivity index (χ0) is 85.0. The van der Waals surface area contributed by atoms with Crippen LogP contribution in [0.15, 0.2) is 122 Å². The molecule has 29 heteroatoms. The van der Waals surface area contributed by atoms with Crippen molar-refractivity contribution in [1.82, 2.24) is 24.8 Å². The number of pyridine rings is 3. The van der Waals surface area contributed by atoms with Crippen LogP contribution in [0.1, 0.15) is 106 Å². The number of halogens is 1. The third kappa shape index (κ3) is 27.5. The summed E-state index contributed by atoms with van der Waals surface area (Å²) in [6.07, 6.45) is 5.79. The molecule has 0 atom stereocenters. The molecule has 6 aromatic carbocycles. The molecule has 2 aliphatic rings. The first-order valence-corrected chi connectivity index (χ1v) is 44.5. The number of carbonyl (C=O) groups is 4. The van der Waals surface area contributed by atoms with Crippen LogP contribution in [0.3, 0.4) is 0 Å². The van der Waals surface area contributed by atoms with Gasteiger partial charge in [-0.1, -0.05) is 75.9 Å². The number of nitrogens with zero attached hydrogens (tertiary/aromatic N) is 5. The number of aromatic nitrogens is 3. The first-order valence-electron chi connectivity index (χ1n) is 41.7. The molecular formula is C92H113ClN5O22Pt. The van der Waals surface area contributed by atoms with E-state index in [4.69, 9.17) is 90.2 Å². The summed E-state index contributed by atoms with van der Waals surface area (Å²) in [5.74, 6) is 5.81. The molecule has 27 nitrogen and oxygen atoms in total. The van der Waals surface area contributed by atoms with E-state index in [0.29, 0.717) is 324 Å². The van der Waals surface area contributed by atoms with Crippen LogP contribution in [0.2, 0.25) is 0 Å². The number of hydrogen-bond acceptors (Lipinski definition) is 25. The Kier molecular flexibility index (Phi) is 42.4. The van der Waals surface area contributed by atoms with E-state index in [0.717, 1.165) is 22.5 Å². The summed E-state index contributed by atoms with van der Waals surface area (Å²) in [5, 5.41) is 4.97. The van der Waals surface area contributed by atoms with Gasteiger partial charge >= 0.3 is 28.2 Å². The van der Waals surface area contributed by atoms with Crippen molar-refractivity contribution in [3.05, 3.63) is 155 Å². The molecule has 0 radical (unpaired) electrons. The second-order valence-corrected chi connectivity index (χ2v) is 27.9. The van der Waals surface area contributed by atoms with E-state index < -0.39 is 11.8 Å². The number of rotatable bonds is 61. The Labute approximate surface area is 723 Å². The van der Waals surface area contributed by atoms with E-state index in [-0.39, 0.29) is 43.7 Å². The molecule has 4 amide bonds. The van der Waals surface area contributed by atoms with E-state index >= 15 is 9.59 Å². The molecule has 0 spiro atoms. The fourth-order valence-corrected chi connectivity index (χ4v) is 14.3. The van der Waals surface area contributed by atoms with Gasteiger partial charge in [0.05, 0.1) is 246 Å². The summed E-state index contributed by atoms with van der Waals surface area (Å²) in [6.45, 7) is 22.8. The summed E-state index contributed by atoms with van der Waals surface area (Å²) in [5.41, 5.74) is 7.42. The maximum absolute atomic E-state index is 15.2. The first kappa shape index (κ1) is 95.2. The van der Waals surface area contributed by atoms with Crippen molar-refractivity contribution in [3.63, 3.8) is 0 Å². The number of fused-ring (bicyclic) bond motifs is 2. The molecule has 9 aromatic rings. The number of methoxy groups -OCH3 is 1. The predicted molar refractivity (Wildman–Crippen MR) is 456 cm³/mol. The minimum atomic E-state index is -0.411. The molecule has 0 aliphatic carbocycles. The van der Waals surface area contributed by atoms with Gasteiger partial charge in [-0.2, -0.15) is 0 Å². The summed E-state index contributed by atoms with van der Waals surface area (Å²) in [6, 6.07) is 33.8. The van der Waals surface area contributed by atoms with E-state index in [1.807, 2.05) is 119 Å². The van der Waals surface area contributed by atoms with Crippen LogP contribution in [-0.4, -0.2) is 292 Å². The second-order valence-electron chi connectivity index (χ2n) is 27.9. The molecule has 0 unspecified atom stereocenters. The van der Waals surface area contributed by atoms with E-state index in [9.17, 15) is 9.59 Å². The van der Waals surface area contributed by atoms with Crippen LogP contribution in [0.5, 0.6) is 5.75 Å². The molecule has 11 rings (SSSR count). The van der Waals surface area contributed by atoms with Gasteiger partial charge in [0.2, 0.25) is 0 Å². The third-order valence-corrected chi connectivity index (χ3v) is 20.2. The van der Waals surface area contributed by atoms with Crippen molar-refractivity contribution < 1.29 is 123 Å². The predicted octanol–water partition coefficient (Wildman–Crippen LogP) is 12.9. The van der Waals surface area contributed by atoms with Crippen LogP contribution in [0, 0.1) is 11.8 Å². The Balaban J connectivity index is 0.00000762. The van der Waals surface area contributed by atoms with Crippen molar-refractivity contribution in [2.75, 3.05) is 232 Å². The topological polar surface area (TPSA) is 280 Å². The monoisotopic (exact) mass is 1870 g/mol. The average Bonchev–Trinajstić information content (AvgIpc) is 0.679. The molecule has 121 heavy (non-hydrogen) atoms. The van der Waals surface area contributed by atoms with Crippen LogP contribution in [0.4, 0.5) is 0 Å². The molecule has 3 aromatic heterocycles. The van der Waals surface area contributed by atoms with Crippen LogP contribution in [-0.2, 0) is 99.3 Å². The molecule has 0 N–H and O–H groups in total. The zero-order valence-electron chi connectivity index (χ0n) is 70.0. The number of amides is 4. The van der Waals surface area contributed by atoms with Gasteiger partial charge in [-0.05, 0) is 120 Å². The Morgan fingerprint density at radius 3 is 0.983 bits per heavy atom. The molecule has 5 heterocycles. The molecule has 0 bridgehead atoms. The standard InChI is InChI=1S/C92H113N5O22.ClH.Pt/c1-6-70(7-2)96-89(98)74-25-23-73-86-82(119-61-60-118-59-58-117-57-56-116-55-54-115-53-52-114-51-50-113-49-48-112-47-46-111-45-44-110-43-42-109-41-40-108-39-38-107-37-36-106-35-34-105-33-32-104-31-30-103-29-28-102-5)65-77-85-75(90(99)97(92(77)101)71(8-3)9-4)24-22-72(88(85)86)83-68(62-76(91(96)100)84(74)87(73)83)21-18-66-16-19-67(20-17-66)69-63-80(78-14-10-12-26-93-78)95-81(64-69)79-15-11-13-27-94-79;;/h10-17,19-20,22-27,62-65,70-71H,6-9,28-61H2,1-5H3;1H;/q;;+1/p-1. The molecule has 0 saturated heterocycles. The number of benzene rings is 6. The van der Waals surface area contributed by atoms with Gasteiger partial charge in [-0.25, -0.2) is 4.98 Å². The van der Waals surface area contributed by atoms with Crippen molar-refractivity contribution in [3.8, 4) is 51.5 Å². The van der Waals surface area contributed by atoms with Crippen molar-refractivity contribution >= 4 is 76.1 Å². The number of hydrogen-bond donors (Lipinski definition) is 0. The van der Waals surface area contributed by atoms with Gasteiger partial charge in [0.1, 0.15) is 12.4 Å². The molecule has 0 saturated carbocycles. The maximum atomic E-state index is 15.2. The van der Waals surface area contributed by atoms with Crippen LogP contribution in [0.25, 0.3) is 77.0 Å². The third-order valence-electron chi connectivity index (χ3n) is 20.2. The summed E-state index contributed by atoms with van der Waals surface area (Å²) in [4.78, 5) is 76.9. The van der Waals surface area contributed by atoms with Gasteiger partial charge in [0.15, 0.2) is 0 Å². The van der Waals surface area contributed by atoms with Crippen molar-refractivity contribution in [2.24, 2.45) is 0 Å². The van der Waals surface area contributed by atoms with Crippen LogP contribution < -0.4 is 4.74 Å². The van der Waals surface area contributed by atoms with Crippen molar-refractivity contribution in [2.45, 2.75) is 65.5 Å². The number of ether oxygens (including phenoxy) is 18. The fraction of sp³-hybridized carbons (Fsp3) is 0.489. The molecule has 0 fully saturated rings. The van der Waals surface area contributed by atoms with E-state index in [1.165, 1.54) is 9.80 Å². The summed E-state index contributed by atoms with van der Waals surface area (Å²) in [7, 11) is 6.25. The Morgan fingerprint density at radius 1 is 0.322 bits per heavy atom. The van der Waals surface area contributed by atoms with Gasteiger partial charge in [0, 0.05) is 91.7 Å². The van der Waals surface area contributed by atoms with Crippen LogP contribution >= 0.6 is 9.42 Å². The summed E-state index contributed by atoms with van der Waals surface area (Å²) >= 11 is 1.61. The zero-order valence-corrected chi connectivity index (χ0v) is 73.0. The van der Waals surface area contributed by atoms with Gasteiger partial charge in [0.25, 0.3) is 23.6 Å². The average molecular weight is 1870 g/mol. The number of imide groups is 2. The quantitative estimate of drug-likeness (QED) is 0.0113. The van der Waals surface area contributed by atoms with E-state index in [2.05, 4.69) is 31.2 Å². The van der Waals surface area contributed by atoms with Gasteiger partial charge in [-0.15, -0.1) is 0 Å². The second kappa shape index (κ2) is 53.9. The fourth-order valence-electron chi connectivity index (χ4n) is 14.3. The van der Waals surface area contributed by atoms with Gasteiger partial charge in [-0.3, -0.25) is 38.9 Å². The minimum absolute atomic E-state index is 0.0907. The van der Waals surface area contributed by atoms with E-state index in [1.54, 1.807) is 56.5 Å².